The van der Waals surface area contributed by atoms with Gasteiger partial charge in [0.2, 0.25) is 0 Å². The normalized spacial score (nSPS) is 15.2. The summed E-state index contributed by atoms with van der Waals surface area (Å²) in [6, 6.07) is 15.9. The highest BCUT2D eigenvalue weighted by Crippen LogP contribution is 2.36. The van der Waals surface area contributed by atoms with Gasteiger partial charge < -0.3 is 9.88 Å². The molecule has 188 valence electrons. The number of hydrogen-bond donors (Lipinski definition) is 1. The van der Waals surface area contributed by atoms with E-state index in [0.717, 1.165) is 52.5 Å². The van der Waals surface area contributed by atoms with Crippen molar-refractivity contribution in [2.75, 3.05) is 11.4 Å². The van der Waals surface area contributed by atoms with Crippen molar-refractivity contribution in [3.05, 3.63) is 82.3 Å². The first-order valence-electron chi connectivity index (χ1n) is 12.7. The maximum atomic E-state index is 13.6. The molecule has 4 aromatic rings. The Bertz CT molecular complexity index is 1490. The molecule has 1 saturated carbocycles. The van der Waals surface area contributed by atoms with Gasteiger partial charge in [0.05, 0.1) is 6.54 Å². The van der Waals surface area contributed by atoms with Crippen molar-refractivity contribution in [3.8, 4) is 22.5 Å². The fraction of sp³-hybridized carbons (Fsp3) is 0.310. The summed E-state index contributed by atoms with van der Waals surface area (Å²) in [4.78, 5) is 20.1. The molecule has 1 aliphatic heterocycles. The Morgan fingerprint density at radius 2 is 1.92 bits per heavy atom. The molecule has 37 heavy (non-hydrogen) atoms. The van der Waals surface area contributed by atoms with E-state index in [9.17, 15) is 4.79 Å². The van der Waals surface area contributed by atoms with E-state index in [2.05, 4.69) is 27.6 Å². The molecule has 3 heterocycles. The van der Waals surface area contributed by atoms with Crippen LogP contribution in [0.3, 0.4) is 0 Å². The van der Waals surface area contributed by atoms with E-state index in [1.807, 2.05) is 54.9 Å². The highest BCUT2D eigenvalue weighted by molar-refractivity contribution is 6.31. The van der Waals surface area contributed by atoms with Crippen molar-refractivity contribution in [1.29, 1.82) is 0 Å². The Kier molecular flexibility index (Phi) is 6.26. The molecule has 2 aromatic carbocycles. The number of nitrogens with one attached hydrogen (secondary N) is 1. The van der Waals surface area contributed by atoms with Crippen molar-refractivity contribution in [1.82, 2.24) is 25.1 Å². The molecule has 1 aliphatic carbocycles. The predicted molar refractivity (Wildman–Crippen MR) is 145 cm³/mol. The molecular formula is C29H29ClN6O. The first kappa shape index (κ1) is 23.8. The van der Waals surface area contributed by atoms with E-state index in [1.54, 1.807) is 11.2 Å². The van der Waals surface area contributed by atoms with Crippen LogP contribution in [-0.2, 0) is 20.1 Å². The summed E-state index contributed by atoms with van der Waals surface area (Å²) >= 11 is 6.33. The van der Waals surface area contributed by atoms with Crippen molar-refractivity contribution in [2.24, 2.45) is 13.0 Å². The molecule has 0 atom stereocenters. The Hall–Kier alpha value is -3.55. The third-order valence-corrected chi connectivity index (χ3v) is 7.66. The van der Waals surface area contributed by atoms with Crippen LogP contribution in [0.1, 0.15) is 46.4 Å². The minimum absolute atomic E-state index is 0.0301. The minimum atomic E-state index is -0.0301. The Balaban J connectivity index is 1.28. The number of halogens is 1. The van der Waals surface area contributed by atoms with Crippen LogP contribution in [0.15, 0.2) is 54.9 Å². The van der Waals surface area contributed by atoms with E-state index in [0.29, 0.717) is 28.8 Å². The Morgan fingerprint density at radius 3 is 2.68 bits per heavy atom. The van der Waals surface area contributed by atoms with Crippen molar-refractivity contribution < 1.29 is 4.79 Å². The van der Waals surface area contributed by atoms with Gasteiger partial charge in [0.1, 0.15) is 12.1 Å². The predicted octanol–water partition coefficient (Wildman–Crippen LogP) is 5.56. The lowest BCUT2D eigenvalue weighted by Gasteiger charge is -2.25. The van der Waals surface area contributed by atoms with Crippen molar-refractivity contribution in [2.45, 2.75) is 39.3 Å². The van der Waals surface area contributed by atoms with Gasteiger partial charge in [0.25, 0.3) is 5.91 Å². The van der Waals surface area contributed by atoms with Crippen LogP contribution >= 0.6 is 11.6 Å². The largest absolute Gasteiger partial charge is 0.317 e. The maximum Gasteiger partial charge on any atom is 0.260 e. The van der Waals surface area contributed by atoms with Crippen LogP contribution in [0.5, 0.6) is 0 Å². The zero-order chi connectivity index (χ0) is 25.5. The summed E-state index contributed by atoms with van der Waals surface area (Å²) in [5.74, 6) is 2.20. The van der Waals surface area contributed by atoms with E-state index in [4.69, 9.17) is 16.6 Å². The fourth-order valence-electron chi connectivity index (χ4n) is 5.21. The number of rotatable bonds is 7. The average Bonchev–Trinajstić information content (AvgIpc) is 3.43. The molecule has 7 nitrogen and oxygen atoms in total. The number of pyridine rings is 1. The third-order valence-electron chi connectivity index (χ3n) is 7.42. The smallest absolute Gasteiger partial charge is 0.260 e. The summed E-state index contributed by atoms with van der Waals surface area (Å²) in [6.45, 7) is 4.33. The molecule has 2 aliphatic rings. The molecule has 2 aromatic heterocycles. The lowest BCUT2D eigenvalue weighted by molar-refractivity contribution is 0.0996. The molecule has 8 heteroatoms. The first-order valence-corrected chi connectivity index (χ1v) is 13.1. The number of fused-ring (bicyclic) bond motifs is 1. The number of aryl methyl sites for hydroxylation is 2. The van der Waals surface area contributed by atoms with Gasteiger partial charge in [-0.2, -0.15) is 0 Å². The van der Waals surface area contributed by atoms with Crippen LogP contribution in [0, 0.1) is 12.8 Å². The number of carbonyl (C=O) groups excluding carboxylic acids is 1. The highest BCUT2D eigenvalue weighted by Gasteiger charge is 2.30. The maximum absolute atomic E-state index is 13.6. The van der Waals surface area contributed by atoms with E-state index < -0.39 is 0 Å². The van der Waals surface area contributed by atoms with Gasteiger partial charge in [-0.3, -0.25) is 9.69 Å². The van der Waals surface area contributed by atoms with Crippen molar-refractivity contribution in [3.63, 3.8) is 0 Å². The average molecular weight is 513 g/mol. The number of aromatic nitrogens is 4. The molecule has 0 saturated heterocycles. The summed E-state index contributed by atoms with van der Waals surface area (Å²) in [5, 5.41) is 12.5. The molecule has 1 amide bonds. The van der Waals surface area contributed by atoms with Gasteiger partial charge in [-0.05, 0) is 84.8 Å². The minimum Gasteiger partial charge on any atom is -0.317 e. The molecule has 0 bridgehead atoms. The highest BCUT2D eigenvalue weighted by atomic mass is 35.5. The van der Waals surface area contributed by atoms with Gasteiger partial charge in [-0.25, -0.2) is 4.98 Å². The SMILES string of the molecule is Cc1cc(CNCC2CCC2)cc(N2Cc3ccc(-c4ccc(Cl)cc4-c4nncn4C)cc3C2=O)n1. The molecule has 0 spiro atoms. The van der Waals surface area contributed by atoms with Gasteiger partial charge in [-0.15, -0.1) is 10.2 Å². The van der Waals surface area contributed by atoms with Crippen LogP contribution in [-0.4, -0.2) is 32.2 Å². The quantitative estimate of drug-likeness (QED) is 0.351. The monoisotopic (exact) mass is 512 g/mol. The summed E-state index contributed by atoms with van der Waals surface area (Å²) in [7, 11) is 1.90. The molecule has 6 rings (SSSR count). The number of nitrogens with zero attached hydrogens (tertiary/aromatic N) is 5. The van der Waals surface area contributed by atoms with E-state index >= 15 is 0 Å². The third kappa shape index (κ3) is 4.65. The van der Waals surface area contributed by atoms with Gasteiger partial charge in [-0.1, -0.05) is 36.2 Å². The standard InChI is InChI=1S/C29H29ClN6O/c1-18-10-20(15-31-14-19-4-3-5-19)11-27(33-18)36-16-22-7-6-21(12-25(22)29(36)37)24-9-8-23(30)13-26(24)28-34-32-17-35(28)2/h6-13,17,19,31H,3-5,14-16H2,1-2H3. The molecule has 1 N–H and O–H groups in total. The van der Waals surface area contributed by atoms with Crippen LogP contribution in [0.2, 0.25) is 5.02 Å². The zero-order valence-electron chi connectivity index (χ0n) is 21.0. The van der Waals surface area contributed by atoms with Crippen molar-refractivity contribution >= 4 is 23.3 Å². The van der Waals surface area contributed by atoms with E-state index in [-0.39, 0.29) is 5.91 Å². The first-order chi connectivity index (χ1) is 18.0. The van der Waals surface area contributed by atoms with Crippen LogP contribution < -0.4 is 10.2 Å². The second-order valence-electron chi connectivity index (χ2n) is 10.1. The number of benzene rings is 2. The fourth-order valence-corrected chi connectivity index (χ4v) is 5.38. The second-order valence-corrected chi connectivity index (χ2v) is 10.6. The van der Waals surface area contributed by atoms with Crippen LogP contribution in [0.25, 0.3) is 22.5 Å². The summed E-state index contributed by atoms with van der Waals surface area (Å²) in [6.07, 6.45) is 5.67. The van der Waals surface area contributed by atoms with Gasteiger partial charge in [0.15, 0.2) is 5.82 Å². The zero-order valence-corrected chi connectivity index (χ0v) is 21.8. The Morgan fingerprint density at radius 1 is 1.05 bits per heavy atom. The number of hydrogen-bond acceptors (Lipinski definition) is 5. The van der Waals surface area contributed by atoms with Gasteiger partial charge in [0, 0.05) is 35.4 Å². The molecular weight excluding hydrogens is 484 g/mol. The van der Waals surface area contributed by atoms with Gasteiger partial charge >= 0.3 is 0 Å². The number of amides is 1. The number of anilines is 1. The lowest BCUT2D eigenvalue weighted by Crippen LogP contribution is -2.27. The number of carbonyl (C=O) groups is 1. The summed E-state index contributed by atoms with van der Waals surface area (Å²) < 4.78 is 1.86. The van der Waals surface area contributed by atoms with Crippen LogP contribution in [0.4, 0.5) is 5.82 Å². The Labute approximate surface area is 221 Å². The topological polar surface area (TPSA) is 75.9 Å². The summed E-state index contributed by atoms with van der Waals surface area (Å²) in [5.41, 5.74) is 6.51. The lowest BCUT2D eigenvalue weighted by atomic mass is 9.85. The second kappa shape index (κ2) is 9.72. The van der Waals surface area contributed by atoms with E-state index in [1.165, 1.54) is 19.3 Å². The molecule has 0 radical (unpaired) electrons. The molecule has 1 fully saturated rings. The molecule has 0 unspecified atom stereocenters.